The van der Waals surface area contributed by atoms with Gasteiger partial charge >= 0.3 is 0 Å². The van der Waals surface area contributed by atoms with Crippen molar-refractivity contribution in [3.63, 3.8) is 0 Å². The summed E-state index contributed by atoms with van der Waals surface area (Å²) in [5.74, 6) is 2.34. The van der Waals surface area contributed by atoms with Crippen LogP contribution in [-0.2, 0) is 11.2 Å². The average molecular weight is 366 g/mol. The van der Waals surface area contributed by atoms with Crippen molar-refractivity contribution in [3.05, 3.63) is 41.8 Å². The molecule has 1 unspecified atom stereocenters. The molecule has 4 rings (SSSR count). The van der Waals surface area contributed by atoms with Crippen LogP contribution in [-0.4, -0.2) is 38.6 Å². The van der Waals surface area contributed by atoms with Gasteiger partial charge in [0.25, 0.3) is 0 Å². The van der Waals surface area contributed by atoms with Crippen LogP contribution in [0, 0.1) is 6.92 Å². The largest absolute Gasteiger partial charge is 0.358 e. The number of rotatable bonds is 7. The van der Waals surface area contributed by atoms with E-state index in [4.69, 9.17) is 4.52 Å². The molecule has 0 radical (unpaired) electrons. The van der Waals surface area contributed by atoms with Gasteiger partial charge in [0.1, 0.15) is 18.2 Å². The lowest BCUT2D eigenvalue weighted by atomic mass is 10.1. The Labute approximate surface area is 156 Å². The topological polar surface area (TPSA) is 106 Å². The highest BCUT2D eigenvalue weighted by Gasteiger charge is 2.29. The maximum atomic E-state index is 12.4. The first-order chi connectivity index (χ1) is 13.1. The molecule has 1 aliphatic rings. The van der Waals surface area contributed by atoms with Crippen LogP contribution < -0.4 is 10.6 Å². The van der Waals surface area contributed by atoms with Crippen molar-refractivity contribution in [1.29, 1.82) is 0 Å². The lowest BCUT2D eigenvalue weighted by Gasteiger charge is -2.15. The molecule has 1 aliphatic carbocycles. The first-order valence-corrected chi connectivity index (χ1v) is 9.18. The van der Waals surface area contributed by atoms with E-state index in [0.717, 1.165) is 35.2 Å². The Morgan fingerprint density at radius 1 is 1.33 bits per heavy atom. The Hall–Kier alpha value is -3.03. The zero-order valence-corrected chi connectivity index (χ0v) is 15.4. The zero-order chi connectivity index (χ0) is 18.8. The van der Waals surface area contributed by atoms with Gasteiger partial charge in [-0.2, -0.15) is 4.98 Å². The minimum absolute atomic E-state index is 0.111. The number of hydrogen-bond acceptors (Lipinski definition) is 7. The summed E-state index contributed by atoms with van der Waals surface area (Å²) >= 11 is 0. The van der Waals surface area contributed by atoms with Crippen molar-refractivity contribution >= 4 is 22.6 Å². The maximum Gasteiger partial charge on any atom is 0.242 e. The van der Waals surface area contributed by atoms with Crippen LogP contribution in [0.3, 0.4) is 0 Å². The molecule has 0 aliphatic heterocycles. The summed E-state index contributed by atoms with van der Waals surface area (Å²) in [6, 6.07) is 5.52. The van der Waals surface area contributed by atoms with Gasteiger partial charge < -0.3 is 15.2 Å². The average Bonchev–Trinajstić information content (AvgIpc) is 3.41. The number of carbonyl (C=O) groups is 1. The number of hydrogen-bond donors (Lipinski definition) is 2. The van der Waals surface area contributed by atoms with E-state index in [1.807, 2.05) is 25.1 Å². The van der Waals surface area contributed by atoms with Gasteiger partial charge in [-0.15, -0.1) is 0 Å². The summed E-state index contributed by atoms with van der Waals surface area (Å²) < 4.78 is 5.22. The first kappa shape index (κ1) is 17.4. The minimum Gasteiger partial charge on any atom is -0.358 e. The molecule has 2 aromatic heterocycles. The Morgan fingerprint density at radius 3 is 3.00 bits per heavy atom. The highest BCUT2D eigenvalue weighted by atomic mass is 16.5. The van der Waals surface area contributed by atoms with E-state index in [1.165, 1.54) is 6.33 Å². The molecular formula is C19H22N6O2. The van der Waals surface area contributed by atoms with Gasteiger partial charge in [0.2, 0.25) is 11.8 Å². The van der Waals surface area contributed by atoms with E-state index in [1.54, 1.807) is 6.92 Å². The maximum absolute atomic E-state index is 12.4. The molecular weight excluding hydrogens is 344 g/mol. The number of benzene rings is 1. The molecule has 1 fully saturated rings. The van der Waals surface area contributed by atoms with E-state index < -0.39 is 6.04 Å². The summed E-state index contributed by atoms with van der Waals surface area (Å²) in [5, 5.41) is 10.9. The molecule has 1 atom stereocenters. The fourth-order valence-electron chi connectivity index (χ4n) is 2.87. The second-order valence-electron chi connectivity index (χ2n) is 6.97. The van der Waals surface area contributed by atoms with Gasteiger partial charge in [0.15, 0.2) is 5.82 Å². The van der Waals surface area contributed by atoms with Crippen LogP contribution in [0.5, 0.6) is 0 Å². The van der Waals surface area contributed by atoms with Gasteiger partial charge in [-0.25, -0.2) is 9.97 Å². The summed E-state index contributed by atoms with van der Waals surface area (Å²) in [5.41, 5.74) is 1.96. The van der Waals surface area contributed by atoms with E-state index in [2.05, 4.69) is 30.7 Å². The fourth-order valence-corrected chi connectivity index (χ4v) is 2.87. The molecule has 1 aromatic carbocycles. The van der Waals surface area contributed by atoms with Crippen molar-refractivity contribution < 1.29 is 9.32 Å². The summed E-state index contributed by atoms with van der Waals surface area (Å²) in [4.78, 5) is 25.3. The van der Waals surface area contributed by atoms with Gasteiger partial charge in [-0.05, 0) is 38.8 Å². The second kappa shape index (κ2) is 7.30. The quantitative estimate of drug-likeness (QED) is 0.661. The van der Waals surface area contributed by atoms with Crippen molar-refractivity contribution in [2.75, 3.05) is 11.9 Å². The third kappa shape index (κ3) is 4.05. The SMILES string of the molecule is Cc1ccc2ncnc(NC(C)C(=O)NCCc3noc(C4CC4)n3)c2c1. The minimum atomic E-state index is -0.434. The normalized spacial score (nSPS) is 14.9. The number of aryl methyl sites for hydroxylation is 1. The molecule has 8 nitrogen and oxygen atoms in total. The highest BCUT2D eigenvalue weighted by Crippen LogP contribution is 2.38. The summed E-state index contributed by atoms with van der Waals surface area (Å²) in [6.07, 6.45) is 4.29. The molecule has 2 heterocycles. The number of carbonyl (C=O) groups excluding carboxylic acids is 1. The Kier molecular flexibility index (Phi) is 4.70. The smallest absolute Gasteiger partial charge is 0.242 e. The van der Waals surface area contributed by atoms with Gasteiger partial charge in [0, 0.05) is 24.3 Å². The Balaban J connectivity index is 1.33. The fraction of sp³-hybridized carbons (Fsp3) is 0.421. The summed E-state index contributed by atoms with van der Waals surface area (Å²) in [6.45, 7) is 4.27. The van der Waals surface area contributed by atoms with Gasteiger partial charge in [-0.1, -0.05) is 16.8 Å². The number of nitrogens with one attached hydrogen (secondary N) is 2. The molecule has 0 saturated heterocycles. The number of nitrogens with zero attached hydrogens (tertiary/aromatic N) is 4. The number of fused-ring (bicyclic) bond motifs is 1. The van der Waals surface area contributed by atoms with E-state index in [9.17, 15) is 4.79 Å². The molecule has 0 spiro atoms. The van der Waals surface area contributed by atoms with E-state index in [-0.39, 0.29) is 5.91 Å². The van der Waals surface area contributed by atoms with E-state index >= 15 is 0 Å². The molecule has 27 heavy (non-hydrogen) atoms. The number of amides is 1. The second-order valence-corrected chi connectivity index (χ2v) is 6.97. The van der Waals surface area contributed by atoms with Crippen LogP contribution >= 0.6 is 0 Å². The Bertz CT molecular complexity index is 966. The molecule has 140 valence electrons. The number of anilines is 1. The predicted octanol–water partition coefficient (Wildman–Crippen LogP) is 2.36. The Morgan fingerprint density at radius 2 is 2.19 bits per heavy atom. The standard InChI is InChI=1S/C19H22N6O2/c1-11-3-6-15-14(9-11)17(22-10-21-15)23-12(2)18(26)20-8-7-16-24-19(27-25-16)13-4-5-13/h3,6,9-10,12-13H,4-5,7-8H2,1-2H3,(H,20,26)(H,21,22,23). The zero-order valence-electron chi connectivity index (χ0n) is 15.4. The van der Waals surface area contributed by atoms with Crippen molar-refractivity contribution in [1.82, 2.24) is 25.4 Å². The lowest BCUT2D eigenvalue weighted by Crippen LogP contribution is -2.38. The third-order valence-corrected chi connectivity index (χ3v) is 4.60. The predicted molar refractivity (Wildman–Crippen MR) is 100 cm³/mol. The molecule has 8 heteroatoms. The van der Waals surface area contributed by atoms with Gasteiger partial charge in [-0.3, -0.25) is 4.79 Å². The highest BCUT2D eigenvalue weighted by molar-refractivity contribution is 5.92. The van der Waals surface area contributed by atoms with Crippen LogP contribution in [0.1, 0.15) is 43.0 Å². The van der Waals surface area contributed by atoms with Crippen LogP contribution in [0.25, 0.3) is 10.9 Å². The van der Waals surface area contributed by atoms with Crippen molar-refractivity contribution in [2.24, 2.45) is 0 Å². The lowest BCUT2D eigenvalue weighted by molar-refractivity contribution is -0.121. The van der Waals surface area contributed by atoms with Crippen LogP contribution in [0.15, 0.2) is 29.0 Å². The number of aromatic nitrogens is 4. The van der Waals surface area contributed by atoms with Crippen LogP contribution in [0.2, 0.25) is 0 Å². The molecule has 3 aromatic rings. The molecule has 1 amide bonds. The monoisotopic (exact) mass is 366 g/mol. The first-order valence-electron chi connectivity index (χ1n) is 9.18. The van der Waals surface area contributed by atoms with Gasteiger partial charge in [0.05, 0.1) is 5.52 Å². The molecule has 0 bridgehead atoms. The van der Waals surface area contributed by atoms with Crippen molar-refractivity contribution in [2.45, 2.75) is 45.1 Å². The van der Waals surface area contributed by atoms with Crippen molar-refractivity contribution in [3.8, 4) is 0 Å². The van der Waals surface area contributed by atoms with E-state index in [0.29, 0.717) is 30.5 Å². The van der Waals surface area contributed by atoms with Crippen LogP contribution in [0.4, 0.5) is 5.82 Å². The molecule has 1 saturated carbocycles. The molecule has 2 N–H and O–H groups in total. The summed E-state index contributed by atoms with van der Waals surface area (Å²) in [7, 11) is 0. The third-order valence-electron chi connectivity index (χ3n) is 4.60.